The van der Waals surface area contributed by atoms with Crippen LogP contribution in [0.3, 0.4) is 0 Å². The van der Waals surface area contributed by atoms with Gasteiger partial charge in [0.2, 0.25) is 5.91 Å². The van der Waals surface area contributed by atoms with Gasteiger partial charge in [-0.1, -0.05) is 18.2 Å². The van der Waals surface area contributed by atoms with Gasteiger partial charge in [-0.2, -0.15) is 11.8 Å². The zero-order chi connectivity index (χ0) is 19.8. The van der Waals surface area contributed by atoms with Gasteiger partial charge in [-0.15, -0.1) is 0 Å². The lowest BCUT2D eigenvalue weighted by Gasteiger charge is -2.16. The molecule has 1 aliphatic heterocycles. The molecule has 1 heterocycles. The molecule has 148 valence electrons. The van der Waals surface area contributed by atoms with E-state index >= 15 is 0 Å². The molecule has 0 radical (unpaired) electrons. The number of benzene rings is 2. The van der Waals surface area contributed by atoms with E-state index in [1.54, 1.807) is 17.8 Å². The standard InChI is InChI=1S/C21H24FN3OS2/c22-19-6-2-1-5-16(19)15-28-14-4-12-23-21(27)24-17-8-10-18(11-9-17)25-13-3-7-20(25)26/h1-2,5-6,8-11H,3-4,7,12-15H2,(H2,23,24,27). The molecule has 1 fully saturated rings. The van der Waals surface area contributed by atoms with Crippen molar-refractivity contribution in [3.63, 3.8) is 0 Å². The lowest BCUT2D eigenvalue weighted by molar-refractivity contribution is -0.117. The molecule has 2 aromatic carbocycles. The summed E-state index contributed by atoms with van der Waals surface area (Å²) in [6.07, 6.45) is 2.49. The van der Waals surface area contributed by atoms with Crippen LogP contribution in [0.15, 0.2) is 48.5 Å². The Morgan fingerprint density at radius 2 is 1.96 bits per heavy atom. The predicted molar refractivity (Wildman–Crippen MR) is 119 cm³/mol. The van der Waals surface area contributed by atoms with Crippen molar-refractivity contribution in [1.82, 2.24) is 5.32 Å². The number of nitrogens with zero attached hydrogens (tertiary/aromatic N) is 1. The second kappa shape index (κ2) is 10.4. The van der Waals surface area contributed by atoms with Crippen molar-refractivity contribution in [3.8, 4) is 0 Å². The van der Waals surface area contributed by atoms with Crippen molar-refractivity contribution in [3.05, 3.63) is 59.9 Å². The van der Waals surface area contributed by atoms with Crippen molar-refractivity contribution < 1.29 is 9.18 Å². The fourth-order valence-electron chi connectivity index (χ4n) is 2.99. The van der Waals surface area contributed by atoms with Crippen LogP contribution in [0.25, 0.3) is 0 Å². The number of thioether (sulfide) groups is 1. The fourth-order valence-corrected chi connectivity index (χ4v) is 4.16. The molecule has 4 nitrogen and oxygen atoms in total. The Bertz CT molecular complexity index is 814. The summed E-state index contributed by atoms with van der Waals surface area (Å²) in [5.41, 5.74) is 2.57. The van der Waals surface area contributed by atoms with E-state index in [0.717, 1.165) is 48.6 Å². The van der Waals surface area contributed by atoms with E-state index in [0.29, 0.717) is 17.3 Å². The van der Waals surface area contributed by atoms with Crippen LogP contribution in [-0.2, 0) is 10.5 Å². The summed E-state index contributed by atoms with van der Waals surface area (Å²) in [5.74, 6) is 1.66. The van der Waals surface area contributed by atoms with Crippen molar-refractivity contribution in [2.45, 2.75) is 25.0 Å². The molecule has 0 atom stereocenters. The molecule has 2 N–H and O–H groups in total. The topological polar surface area (TPSA) is 44.4 Å². The number of carbonyl (C=O) groups is 1. The first-order valence-corrected chi connectivity index (χ1v) is 11.0. The van der Waals surface area contributed by atoms with E-state index in [9.17, 15) is 9.18 Å². The van der Waals surface area contributed by atoms with Gasteiger partial charge in [-0.3, -0.25) is 4.79 Å². The first-order valence-electron chi connectivity index (χ1n) is 9.40. The maximum Gasteiger partial charge on any atom is 0.227 e. The highest BCUT2D eigenvalue weighted by Gasteiger charge is 2.21. The van der Waals surface area contributed by atoms with Gasteiger partial charge >= 0.3 is 0 Å². The number of halogens is 1. The number of hydrogen-bond donors (Lipinski definition) is 2. The van der Waals surface area contributed by atoms with Crippen molar-refractivity contribution in [2.24, 2.45) is 0 Å². The Morgan fingerprint density at radius 1 is 1.18 bits per heavy atom. The van der Waals surface area contributed by atoms with E-state index < -0.39 is 0 Å². The normalized spacial score (nSPS) is 13.6. The van der Waals surface area contributed by atoms with Crippen LogP contribution in [0.4, 0.5) is 15.8 Å². The molecule has 0 bridgehead atoms. The molecule has 7 heteroatoms. The zero-order valence-corrected chi connectivity index (χ0v) is 17.3. The van der Waals surface area contributed by atoms with Gasteiger partial charge in [0.1, 0.15) is 5.82 Å². The number of anilines is 2. The third-order valence-electron chi connectivity index (χ3n) is 4.48. The Kier molecular flexibility index (Phi) is 7.68. The minimum atomic E-state index is -0.140. The maximum absolute atomic E-state index is 13.5. The Morgan fingerprint density at radius 3 is 2.68 bits per heavy atom. The van der Waals surface area contributed by atoms with Crippen LogP contribution < -0.4 is 15.5 Å². The van der Waals surface area contributed by atoms with E-state index in [1.165, 1.54) is 6.07 Å². The second-order valence-corrected chi connectivity index (χ2v) is 8.09. The lowest BCUT2D eigenvalue weighted by atomic mass is 10.2. The van der Waals surface area contributed by atoms with Gasteiger partial charge in [0.05, 0.1) is 0 Å². The van der Waals surface area contributed by atoms with Gasteiger partial charge in [0.15, 0.2) is 5.11 Å². The molecular weight excluding hydrogens is 393 g/mol. The number of amides is 1. The maximum atomic E-state index is 13.5. The van der Waals surface area contributed by atoms with Crippen LogP contribution in [0.5, 0.6) is 0 Å². The lowest BCUT2D eigenvalue weighted by Crippen LogP contribution is -2.29. The highest BCUT2D eigenvalue weighted by atomic mass is 32.2. The van der Waals surface area contributed by atoms with E-state index in [4.69, 9.17) is 12.2 Å². The van der Waals surface area contributed by atoms with Crippen LogP contribution >= 0.6 is 24.0 Å². The van der Waals surface area contributed by atoms with Crippen molar-refractivity contribution in [1.29, 1.82) is 0 Å². The van der Waals surface area contributed by atoms with Crippen LogP contribution in [0.1, 0.15) is 24.8 Å². The first kappa shape index (κ1) is 20.6. The summed E-state index contributed by atoms with van der Waals surface area (Å²) in [6, 6.07) is 14.6. The van der Waals surface area contributed by atoms with Crippen molar-refractivity contribution >= 4 is 46.4 Å². The van der Waals surface area contributed by atoms with Crippen LogP contribution in [-0.4, -0.2) is 29.9 Å². The molecule has 3 rings (SSSR count). The SMILES string of the molecule is O=C1CCCN1c1ccc(NC(=S)NCCCSCc2ccccc2F)cc1. The number of carbonyl (C=O) groups excluding carboxylic acids is 1. The van der Waals surface area contributed by atoms with E-state index in [1.807, 2.05) is 41.3 Å². The van der Waals surface area contributed by atoms with Gasteiger partial charge in [-0.25, -0.2) is 4.39 Å². The molecule has 0 aliphatic carbocycles. The average molecular weight is 418 g/mol. The zero-order valence-electron chi connectivity index (χ0n) is 15.6. The fraction of sp³-hybridized carbons (Fsp3) is 0.333. The third kappa shape index (κ3) is 5.94. The molecule has 28 heavy (non-hydrogen) atoms. The summed E-state index contributed by atoms with van der Waals surface area (Å²) in [4.78, 5) is 13.6. The summed E-state index contributed by atoms with van der Waals surface area (Å²) in [6.45, 7) is 1.55. The molecule has 2 aromatic rings. The molecular formula is C21H24FN3OS2. The van der Waals surface area contributed by atoms with Crippen LogP contribution in [0, 0.1) is 5.82 Å². The summed E-state index contributed by atoms with van der Waals surface area (Å²) in [7, 11) is 0. The summed E-state index contributed by atoms with van der Waals surface area (Å²) < 4.78 is 13.5. The number of thiocarbonyl (C=S) groups is 1. The first-order chi connectivity index (χ1) is 13.6. The Balaban J connectivity index is 1.32. The molecule has 1 aliphatic rings. The molecule has 0 unspecified atom stereocenters. The quantitative estimate of drug-likeness (QED) is 0.487. The van der Waals surface area contributed by atoms with E-state index in [2.05, 4.69) is 10.6 Å². The van der Waals surface area contributed by atoms with E-state index in [-0.39, 0.29) is 11.7 Å². The minimum absolute atomic E-state index is 0.140. The molecule has 1 saturated heterocycles. The van der Waals surface area contributed by atoms with Crippen molar-refractivity contribution in [2.75, 3.05) is 29.1 Å². The second-order valence-electron chi connectivity index (χ2n) is 6.57. The highest BCUT2D eigenvalue weighted by molar-refractivity contribution is 7.98. The van der Waals surface area contributed by atoms with Gasteiger partial charge < -0.3 is 15.5 Å². The molecule has 1 amide bonds. The summed E-state index contributed by atoms with van der Waals surface area (Å²) >= 11 is 7.04. The van der Waals surface area contributed by atoms with Gasteiger partial charge in [0, 0.05) is 36.6 Å². The third-order valence-corrected chi connectivity index (χ3v) is 5.82. The monoisotopic (exact) mass is 417 g/mol. The number of hydrogen-bond acceptors (Lipinski definition) is 3. The molecule has 0 saturated carbocycles. The highest BCUT2D eigenvalue weighted by Crippen LogP contribution is 2.23. The summed E-state index contributed by atoms with van der Waals surface area (Å²) in [5, 5.41) is 6.92. The van der Waals surface area contributed by atoms with Gasteiger partial charge in [0.25, 0.3) is 0 Å². The molecule has 0 aromatic heterocycles. The van der Waals surface area contributed by atoms with Crippen LogP contribution in [0.2, 0.25) is 0 Å². The largest absolute Gasteiger partial charge is 0.362 e. The predicted octanol–water partition coefficient (Wildman–Crippen LogP) is 4.56. The smallest absolute Gasteiger partial charge is 0.227 e. The van der Waals surface area contributed by atoms with Gasteiger partial charge in [-0.05, 0) is 66.7 Å². The number of nitrogens with one attached hydrogen (secondary N) is 2. The molecule has 0 spiro atoms. The Labute approximate surface area is 174 Å². The minimum Gasteiger partial charge on any atom is -0.362 e. The number of rotatable bonds is 8. The Hall–Kier alpha value is -2.12. The average Bonchev–Trinajstić information content (AvgIpc) is 3.12.